The van der Waals surface area contributed by atoms with E-state index in [1.807, 2.05) is 27.7 Å². The van der Waals surface area contributed by atoms with Crippen LogP contribution in [0.3, 0.4) is 0 Å². The molecule has 0 bridgehead atoms. The zero-order valence-electron chi connectivity index (χ0n) is 13.7. The van der Waals surface area contributed by atoms with Gasteiger partial charge < -0.3 is 15.0 Å². The molecule has 116 valence electrons. The molecule has 20 heavy (non-hydrogen) atoms. The molecule has 0 unspecified atom stereocenters. The van der Waals surface area contributed by atoms with Crippen molar-refractivity contribution in [2.45, 2.75) is 60.6 Å². The van der Waals surface area contributed by atoms with E-state index in [1.54, 1.807) is 26.8 Å². The van der Waals surface area contributed by atoms with Gasteiger partial charge in [0.1, 0.15) is 5.60 Å². The smallest absolute Gasteiger partial charge is 0.407 e. The Balaban J connectivity index is 0. The van der Waals surface area contributed by atoms with Crippen LogP contribution in [0, 0.1) is 0 Å². The molecule has 1 aromatic rings. The number of H-pyrrole nitrogens is 1. The van der Waals surface area contributed by atoms with Crippen molar-refractivity contribution in [2.24, 2.45) is 0 Å². The number of nitrogens with one attached hydrogen (secondary N) is 2. The van der Waals surface area contributed by atoms with E-state index < -0.39 is 11.7 Å². The summed E-state index contributed by atoms with van der Waals surface area (Å²) in [5.41, 5.74) is 0.0243. The third-order valence-electron chi connectivity index (χ3n) is 1.68. The lowest BCUT2D eigenvalue weighted by molar-refractivity contribution is 0.0523. The molecular weight excluding hydrogens is 256 g/mol. The molecule has 1 heterocycles. The summed E-state index contributed by atoms with van der Waals surface area (Å²) in [6.45, 7) is 13.7. The fourth-order valence-electron chi connectivity index (χ4n) is 1.09. The van der Waals surface area contributed by atoms with Gasteiger partial charge in [0.05, 0.1) is 0 Å². The Morgan fingerprint density at radius 1 is 1.25 bits per heavy atom. The highest BCUT2D eigenvalue weighted by atomic mass is 16.6. The van der Waals surface area contributed by atoms with Gasteiger partial charge in [-0.1, -0.05) is 27.7 Å². The van der Waals surface area contributed by atoms with Gasteiger partial charge in [-0.3, -0.25) is 4.79 Å². The standard InChI is InChI=1S/C11H16N2O3.2C2H6/c1-11(2,3)16-10(15)13-7-8-4-5-12-9(14)6-8;2*1-2/h4-6H,7H2,1-3H3,(H,12,14)(H,13,15);2*1-2H3. The number of aromatic nitrogens is 1. The van der Waals surface area contributed by atoms with Gasteiger partial charge in [0.2, 0.25) is 5.56 Å². The van der Waals surface area contributed by atoms with Crippen LogP contribution in [-0.4, -0.2) is 16.7 Å². The number of hydrogen-bond donors (Lipinski definition) is 2. The zero-order valence-corrected chi connectivity index (χ0v) is 13.7. The fourth-order valence-corrected chi connectivity index (χ4v) is 1.09. The molecule has 0 spiro atoms. The second kappa shape index (κ2) is 11.1. The van der Waals surface area contributed by atoms with Crippen molar-refractivity contribution in [1.29, 1.82) is 0 Å². The predicted octanol–water partition coefficient (Wildman–Crippen LogP) is 3.45. The van der Waals surface area contributed by atoms with Crippen molar-refractivity contribution in [1.82, 2.24) is 10.3 Å². The highest BCUT2D eigenvalue weighted by molar-refractivity contribution is 5.67. The van der Waals surface area contributed by atoms with Gasteiger partial charge in [-0.15, -0.1) is 0 Å². The molecule has 5 heteroatoms. The Kier molecular flexibility index (Phi) is 11.4. The molecule has 0 aliphatic rings. The van der Waals surface area contributed by atoms with E-state index in [4.69, 9.17) is 4.74 Å². The van der Waals surface area contributed by atoms with Crippen molar-refractivity contribution >= 4 is 6.09 Å². The largest absolute Gasteiger partial charge is 0.444 e. The van der Waals surface area contributed by atoms with Crippen LogP contribution in [0.4, 0.5) is 4.79 Å². The van der Waals surface area contributed by atoms with Crippen LogP contribution in [-0.2, 0) is 11.3 Å². The van der Waals surface area contributed by atoms with Crippen LogP contribution >= 0.6 is 0 Å². The molecule has 0 aromatic carbocycles. The molecule has 1 amide bonds. The van der Waals surface area contributed by atoms with Crippen LogP contribution < -0.4 is 10.9 Å². The first-order valence-electron chi connectivity index (χ1n) is 7.01. The van der Waals surface area contributed by atoms with Crippen molar-refractivity contribution < 1.29 is 9.53 Å². The molecular formula is C15H28N2O3. The Morgan fingerprint density at radius 3 is 2.25 bits per heavy atom. The van der Waals surface area contributed by atoms with E-state index in [-0.39, 0.29) is 12.1 Å². The Hall–Kier alpha value is -1.78. The second-order valence-electron chi connectivity index (χ2n) is 4.42. The third kappa shape index (κ3) is 11.3. The summed E-state index contributed by atoms with van der Waals surface area (Å²) in [6.07, 6.45) is 1.04. The Bertz CT molecular complexity index is 420. The molecule has 1 aromatic heterocycles. The molecule has 0 aliphatic heterocycles. The number of pyridine rings is 1. The van der Waals surface area contributed by atoms with Crippen molar-refractivity contribution in [3.63, 3.8) is 0 Å². The maximum absolute atomic E-state index is 11.3. The van der Waals surface area contributed by atoms with Crippen molar-refractivity contribution in [3.8, 4) is 0 Å². The van der Waals surface area contributed by atoms with Gasteiger partial charge in [0.25, 0.3) is 0 Å². The van der Waals surface area contributed by atoms with E-state index in [0.717, 1.165) is 5.56 Å². The molecule has 1 rings (SSSR count). The average Bonchev–Trinajstić information content (AvgIpc) is 2.39. The summed E-state index contributed by atoms with van der Waals surface area (Å²) in [4.78, 5) is 24.8. The average molecular weight is 284 g/mol. The van der Waals surface area contributed by atoms with Crippen LogP contribution in [0.1, 0.15) is 54.0 Å². The highest BCUT2D eigenvalue weighted by Gasteiger charge is 2.15. The third-order valence-corrected chi connectivity index (χ3v) is 1.68. The van der Waals surface area contributed by atoms with Gasteiger partial charge >= 0.3 is 6.09 Å². The number of ether oxygens (including phenoxy) is 1. The fraction of sp³-hybridized carbons (Fsp3) is 0.600. The normalized spacial score (nSPS) is 9.35. The summed E-state index contributed by atoms with van der Waals surface area (Å²) in [5, 5.41) is 2.57. The molecule has 0 atom stereocenters. The van der Waals surface area contributed by atoms with Crippen molar-refractivity contribution in [3.05, 3.63) is 34.2 Å². The minimum Gasteiger partial charge on any atom is -0.444 e. The Morgan fingerprint density at radius 2 is 1.80 bits per heavy atom. The number of carbonyl (C=O) groups excluding carboxylic acids is 1. The summed E-state index contributed by atoms with van der Waals surface area (Å²) >= 11 is 0. The number of carbonyl (C=O) groups is 1. The van der Waals surface area contributed by atoms with Crippen LogP contribution in [0.15, 0.2) is 23.1 Å². The van der Waals surface area contributed by atoms with Crippen LogP contribution in [0.5, 0.6) is 0 Å². The molecule has 5 nitrogen and oxygen atoms in total. The minimum absolute atomic E-state index is 0.191. The molecule has 0 aliphatic carbocycles. The van der Waals surface area contributed by atoms with E-state index in [2.05, 4.69) is 10.3 Å². The van der Waals surface area contributed by atoms with Gasteiger partial charge in [-0.2, -0.15) is 0 Å². The lowest BCUT2D eigenvalue weighted by Crippen LogP contribution is -2.32. The summed E-state index contributed by atoms with van der Waals surface area (Å²) < 4.78 is 5.05. The monoisotopic (exact) mass is 284 g/mol. The molecule has 2 N–H and O–H groups in total. The topological polar surface area (TPSA) is 71.2 Å². The van der Waals surface area contributed by atoms with E-state index in [0.29, 0.717) is 0 Å². The van der Waals surface area contributed by atoms with E-state index >= 15 is 0 Å². The predicted molar refractivity (Wildman–Crippen MR) is 82.8 cm³/mol. The highest BCUT2D eigenvalue weighted by Crippen LogP contribution is 2.06. The van der Waals surface area contributed by atoms with Crippen molar-refractivity contribution in [2.75, 3.05) is 0 Å². The first-order valence-corrected chi connectivity index (χ1v) is 7.01. The number of hydrogen-bond acceptors (Lipinski definition) is 3. The van der Waals surface area contributed by atoms with Gasteiger partial charge in [0.15, 0.2) is 0 Å². The lowest BCUT2D eigenvalue weighted by atomic mass is 10.2. The Labute approximate surface area is 121 Å². The SMILES string of the molecule is CC.CC.CC(C)(C)OC(=O)NCc1cc[nH]c(=O)c1. The second-order valence-corrected chi connectivity index (χ2v) is 4.42. The minimum atomic E-state index is -0.516. The summed E-state index contributed by atoms with van der Waals surface area (Å²) in [5.74, 6) is 0. The first kappa shape index (κ1) is 20.5. The first-order chi connectivity index (χ1) is 9.37. The van der Waals surface area contributed by atoms with Crippen LogP contribution in [0.2, 0.25) is 0 Å². The molecule has 0 radical (unpaired) electrons. The number of amides is 1. The van der Waals surface area contributed by atoms with Crippen LogP contribution in [0.25, 0.3) is 0 Å². The quantitative estimate of drug-likeness (QED) is 0.873. The molecule has 0 fully saturated rings. The summed E-state index contributed by atoms with van der Waals surface area (Å²) in [6, 6.07) is 3.15. The zero-order chi connectivity index (χ0) is 16.2. The maximum Gasteiger partial charge on any atom is 0.407 e. The molecule has 0 saturated carbocycles. The van der Waals surface area contributed by atoms with Gasteiger partial charge in [-0.05, 0) is 32.4 Å². The summed E-state index contributed by atoms with van der Waals surface area (Å²) in [7, 11) is 0. The molecule has 0 saturated heterocycles. The lowest BCUT2D eigenvalue weighted by Gasteiger charge is -2.19. The van der Waals surface area contributed by atoms with Gasteiger partial charge in [0, 0.05) is 18.8 Å². The van der Waals surface area contributed by atoms with E-state index in [1.165, 1.54) is 12.3 Å². The number of rotatable bonds is 2. The van der Waals surface area contributed by atoms with E-state index in [9.17, 15) is 9.59 Å². The maximum atomic E-state index is 11.3. The number of alkyl carbamates (subject to hydrolysis) is 1. The number of aromatic amines is 1. The van der Waals surface area contributed by atoms with Gasteiger partial charge in [-0.25, -0.2) is 4.79 Å².